The summed E-state index contributed by atoms with van der Waals surface area (Å²) in [5, 5.41) is 9.33. The molecule has 4 rings (SSSR count). The van der Waals surface area contributed by atoms with Gasteiger partial charge in [-0.1, -0.05) is 38.1 Å². The van der Waals surface area contributed by atoms with Crippen molar-refractivity contribution >= 4 is 17.9 Å². The van der Waals surface area contributed by atoms with Crippen LogP contribution < -0.4 is 5.48 Å². The number of nitrogens with one attached hydrogen (secondary N) is 1. The maximum Gasteiger partial charge on any atom is 0.410 e. The third-order valence-electron chi connectivity index (χ3n) is 7.86. The summed E-state index contributed by atoms with van der Waals surface area (Å²) in [5.74, 6) is -0.887. The molecule has 36 heavy (non-hydrogen) atoms. The number of carbonyl (C=O) groups is 3. The highest BCUT2D eigenvalue weighted by Gasteiger charge is 2.46. The molecule has 9 nitrogen and oxygen atoms in total. The fourth-order valence-electron chi connectivity index (χ4n) is 5.66. The normalized spacial score (nSPS) is 24.0. The molecule has 3 saturated heterocycles. The molecule has 1 aromatic carbocycles. The number of nitrogens with zero attached hydrogens (tertiary/aromatic N) is 2. The minimum Gasteiger partial charge on any atom is -0.446 e. The first-order valence-electron chi connectivity index (χ1n) is 13.3. The van der Waals surface area contributed by atoms with Gasteiger partial charge in [-0.2, -0.15) is 0 Å². The highest BCUT2D eigenvalue weighted by atomic mass is 16.6. The van der Waals surface area contributed by atoms with Crippen LogP contribution in [-0.4, -0.2) is 77.9 Å². The lowest BCUT2D eigenvalue weighted by Gasteiger charge is -2.42. The predicted octanol–water partition coefficient (Wildman–Crippen LogP) is 3.42. The molecule has 1 aromatic rings. The fourth-order valence-corrected chi connectivity index (χ4v) is 5.66. The maximum atomic E-state index is 13.8. The van der Waals surface area contributed by atoms with Crippen molar-refractivity contribution < 1.29 is 29.1 Å². The minimum absolute atomic E-state index is 0.249. The number of rotatable bonds is 5. The molecule has 3 aliphatic rings. The number of hydrogen-bond donors (Lipinski definition) is 2. The number of hydrogen-bond acceptors (Lipinski definition) is 6. The van der Waals surface area contributed by atoms with Crippen molar-refractivity contribution in [2.45, 2.75) is 76.4 Å². The number of amides is 3. The van der Waals surface area contributed by atoms with Crippen molar-refractivity contribution in [3.05, 3.63) is 35.4 Å². The van der Waals surface area contributed by atoms with E-state index in [-0.39, 0.29) is 12.0 Å². The van der Waals surface area contributed by atoms with Crippen LogP contribution in [-0.2, 0) is 19.1 Å². The summed E-state index contributed by atoms with van der Waals surface area (Å²) >= 11 is 0. The molecule has 3 aliphatic heterocycles. The summed E-state index contributed by atoms with van der Waals surface area (Å²) in [5.41, 5.74) is 4.31. The van der Waals surface area contributed by atoms with Gasteiger partial charge in [-0.3, -0.25) is 19.7 Å². The molecule has 3 fully saturated rings. The second-order valence-electron chi connectivity index (χ2n) is 10.5. The van der Waals surface area contributed by atoms with Gasteiger partial charge in [-0.15, -0.1) is 0 Å². The number of likely N-dealkylation sites (tertiary alicyclic amines) is 2. The molecule has 9 heteroatoms. The van der Waals surface area contributed by atoms with Crippen LogP contribution in [0.3, 0.4) is 0 Å². The molecule has 0 unspecified atom stereocenters. The van der Waals surface area contributed by atoms with E-state index in [1.165, 1.54) is 16.0 Å². The largest absolute Gasteiger partial charge is 0.446 e. The highest BCUT2D eigenvalue weighted by molar-refractivity contribution is 5.92. The Kier molecular flexibility index (Phi) is 8.85. The summed E-state index contributed by atoms with van der Waals surface area (Å²) in [7, 11) is 0. The van der Waals surface area contributed by atoms with E-state index >= 15 is 0 Å². The van der Waals surface area contributed by atoms with Gasteiger partial charge in [0.15, 0.2) is 0 Å². The van der Waals surface area contributed by atoms with Crippen LogP contribution in [0.2, 0.25) is 0 Å². The average molecular weight is 502 g/mol. The van der Waals surface area contributed by atoms with Gasteiger partial charge in [0.05, 0.1) is 19.1 Å². The number of piperidine rings is 2. The van der Waals surface area contributed by atoms with Crippen LogP contribution in [0.5, 0.6) is 0 Å². The summed E-state index contributed by atoms with van der Waals surface area (Å²) < 4.78 is 11.0. The van der Waals surface area contributed by atoms with Crippen LogP contribution in [0.25, 0.3) is 0 Å². The van der Waals surface area contributed by atoms with Gasteiger partial charge in [0, 0.05) is 32.5 Å². The third kappa shape index (κ3) is 6.00. The summed E-state index contributed by atoms with van der Waals surface area (Å²) in [6.45, 7) is 6.89. The Bertz CT molecular complexity index is 924. The number of hydroxylamine groups is 1. The Balaban J connectivity index is 1.46. The van der Waals surface area contributed by atoms with E-state index < -0.39 is 24.0 Å². The average Bonchev–Trinajstić information content (AvgIpc) is 2.92. The van der Waals surface area contributed by atoms with Crippen LogP contribution in [0.15, 0.2) is 24.3 Å². The van der Waals surface area contributed by atoms with Crippen LogP contribution in [0.4, 0.5) is 4.79 Å². The van der Waals surface area contributed by atoms with Crippen LogP contribution >= 0.6 is 0 Å². The Morgan fingerprint density at radius 1 is 1.06 bits per heavy atom. The van der Waals surface area contributed by atoms with Gasteiger partial charge in [-0.05, 0) is 48.6 Å². The molecule has 3 amide bonds. The number of carbonyl (C=O) groups excluding carboxylic acids is 3. The molecule has 0 saturated carbocycles. The summed E-state index contributed by atoms with van der Waals surface area (Å²) in [4.78, 5) is 42.6. The lowest BCUT2D eigenvalue weighted by atomic mass is 9.85. The zero-order valence-electron chi connectivity index (χ0n) is 21.4. The van der Waals surface area contributed by atoms with E-state index in [0.717, 1.165) is 12.8 Å². The van der Waals surface area contributed by atoms with E-state index in [9.17, 15) is 19.6 Å². The zero-order chi connectivity index (χ0) is 25.7. The maximum absolute atomic E-state index is 13.8. The van der Waals surface area contributed by atoms with Gasteiger partial charge in [0.25, 0.3) is 0 Å². The van der Waals surface area contributed by atoms with Crippen molar-refractivity contribution in [2.24, 2.45) is 5.92 Å². The molecular formula is C27H39N3O6. The SMILES string of the molecule is CC(C)c1cccc(C2CCN(C(=O)[C@@H]3[C@@H](C(=O)NO)CCCN3C(=O)OC3CCOCC3)CC2)c1. The molecular weight excluding hydrogens is 462 g/mol. The number of ether oxygens (including phenoxy) is 2. The van der Waals surface area contributed by atoms with E-state index in [0.29, 0.717) is 70.4 Å². The van der Waals surface area contributed by atoms with Crippen molar-refractivity contribution in [1.82, 2.24) is 15.3 Å². The van der Waals surface area contributed by atoms with Crippen molar-refractivity contribution in [3.63, 3.8) is 0 Å². The van der Waals surface area contributed by atoms with Gasteiger partial charge in [-0.25, -0.2) is 10.3 Å². The Morgan fingerprint density at radius 3 is 2.44 bits per heavy atom. The van der Waals surface area contributed by atoms with Crippen LogP contribution in [0.1, 0.15) is 75.3 Å². The molecule has 3 heterocycles. The molecule has 0 radical (unpaired) electrons. The lowest BCUT2D eigenvalue weighted by Crippen LogP contribution is -2.60. The molecule has 198 valence electrons. The highest BCUT2D eigenvalue weighted by Crippen LogP contribution is 2.33. The fraction of sp³-hybridized carbons (Fsp3) is 0.667. The first-order valence-corrected chi connectivity index (χ1v) is 13.3. The van der Waals surface area contributed by atoms with Gasteiger partial charge >= 0.3 is 6.09 Å². The lowest BCUT2D eigenvalue weighted by molar-refractivity contribution is -0.149. The first-order chi connectivity index (χ1) is 17.4. The smallest absolute Gasteiger partial charge is 0.410 e. The number of benzene rings is 1. The summed E-state index contributed by atoms with van der Waals surface area (Å²) in [6.07, 6.45) is 3.02. The molecule has 0 aliphatic carbocycles. The predicted molar refractivity (Wildman–Crippen MR) is 133 cm³/mol. The van der Waals surface area contributed by atoms with Crippen molar-refractivity contribution in [2.75, 3.05) is 32.8 Å². The topological polar surface area (TPSA) is 108 Å². The summed E-state index contributed by atoms with van der Waals surface area (Å²) in [6, 6.07) is 7.69. The van der Waals surface area contributed by atoms with Gasteiger partial charge in [0.2, 0.25) is 11.8 Å². The van der Waals surface area contributed by atoms with E-state index in [2.05, 4.69) is 38.1 Å². The Labute approximate surface area is 213 Å². The van der Waals surface area contributed by atoms with E-state index in [1.807, 2.05) is 0 Å². The quantitative estimate of drug-likeness (QED) is 0.473. The van der Waals surface area contributed by atoms with Gasteiger partial charge in [0.1, 0.15) is 12.1 Å². The van der Waals surface area contributed by atoms with Crippen LogP contribution in [0, 0.1) is 5.92 Å². The third-order valence-corrected chi connectivity index (χ3v) is 7.86. The molecule has 2 N–H and O–H groups in total. The standard InChI is InChI=1S/C27H39N3O6/c1-18(2)20-5-3-6-21(17-20)19-8-13-29(14-9-19)26(32)24-23(25(31)28-34)7-4-12-30(24)27(33)36-22-10-15-35-16-11-22/h3,5-6,17-19,22-24,34H,4,7-16H2,1-2H3,(H,28,31)/t23-,24-/m0/s1. The van der Waals surface area contributed by atoms with Crippen molar-refractivity contribution in [3.8, 4) is 0 Å². The van der Waals surface area contributed by atoms with Gasteiger partial charge < -0.3 is 14.4 Å². The second kappa shape index (κ2) is 12.1. The molecule has 0 bridgehead atoms. The molecule has 0 aromatic heterocycles. The second-order valence-corrected chi connectivity index (χ2v) is 10.5. The Morgan fingerprint density at radius 2 is 1.78 bits per heavy atom. The molecule has 2 atom stereocenters. The molecule has 0 spiro atoms. The monoisotopic (exact) mass is 501 g/mol. The van der Waals surface area contributed by atoms with E-state index in [4.69, 9.17) is 9.47 Å². The zero-order valence-corrected chi connectivity index (χ0v) is 21.4. The van der Waals surface area contributed by atoms with Crippen molar-refractivity contribution in [1.29, 1.82) is 0 Å². The minimum atomic E-state index is -0.987. The van der Waals surface area contributed by atoms with E-state index in [1.54, 1.807) is 10.4 Å². The first kappa shape index (κ1) is 26.4. The Hall–Kier alpha value is -2.65.